The highest BCUT2D eigenvalue weighted by molar-refractivity contribution is 6.10. The minimum atomic E-state index is -0.376. The molecule has 0 spiro atoms. The first-order valence-corrected chi connectivity index (χ1v) is 8.42. The summed E-state index contributed by atoms with van der Waals surface area (Å²) in [5.74, 6) is -0.424. The zero-order valence-electron chi connectivity index (χ0n) is 14.7. The summed E-state index contributed by atoms with van der Waals surface area (Å²) < 4.78 is 18.7. The van der Waals surface area contributed by atoms with Crippen LogP contribution < -0.4 is 10.1 Å². The number of hydrogen-bond donors (Lipinski definition) is 1. The summed E-state index contributed by atoms with van der Waals surface area (Å²) in [7, 11) is 0. The van der Waals surface area contributed by atoms with E-state index in [2.05, 4.69) is 5.32 Å². The van der Waals surface area contributed by atoms with Crippen LogP contribution >= 0.6 is 0 Å². The fourth-order valence-electron chi connectivity index (χ4n) is 2.61. The minimum Gasteiger partial charge on any atom is -0.488 e. The number of rotatable bonds is 6. The van der Waals surface area contributed by atoms with Gasteiger partial charge in [-0.3, -0.25) is 9.59 Å². The summed E-state index contributed by atoms with van der Waals surface area (Å²) in [5, 5.41) is 2.76. The van der Waals surface area contributed by atoms with Crippen molar-refractivity contribution in [2.24, 2.45) is 0 Å². The number of amides is 1. The normalized spacial score (nSPS) is 10.3. The summed E-state index contributed by atoms with van der Waals surface area (Å²) in [4.78, 5) is 24.4. The van der Waals surface area contributed by atoms with Gasteiger partial charge in [-0.2, -0.15) is 0 Å². The van der Waals surface area contributed by atoms with Crippen LogP contribution in [0, 0.1) is 5.82 Å². The van der Waals surface area contributed by atoms with Gasteiger partial charge >= 0.3 is 0 Å². The molecule has 0 fully saturated rings. The minimum absolute atomic E-state index is 0.133. The molecule has 0 saturated carbocycles. The van der Waals surface area contributed by atoms with Crippen LogP contribution in [0.4, 0.5) is 10.1 Å². The van der Waals surface area contributed by atoms with E-state index in [1.165, 1.54) is 19.1 Å². The highest BCUT2D eigenvalue weighted by Gasteiger charge is 2.15. The number of carbonyl (C=O) groups is 2. The lowest BCUT2D eigenvalue weighted by molar-refractivity contribution is 0.101. The Hall–Kier alpha value is -3.47. The molecule has 0 unspecified atom stereocenters. The lowest BCUT2D eigenvalue weighted by Gasteiger charge is -2.13. The van der Waals surface area contributed by atoms with E-state index in [1.54, 1.807) is 60.7 Å². The largest absolute Gasteiger partial charge is 0.488 e. The van der Waals surface area contributed by atoms with Crippen LogP contribution in [0.2, 0.25) is 0 Å². The number of ether oxygens (including phenoxy) is 1. The number of halogens is 1. The zero-order chi connectivity index (χ0) is 19.2. The van der Waals surface area contributed by atoms with Crippen molar-refractivity contribution in [1.29, 1.82) is 0 Å². The number of carbonyl (C=O) groups excluding carboxylic acids is 2. The molecule has 0 atom stereocenters. The molecule has 1 N–H and O–H groups in total. The topological polar surface area (TPSA) is 55.4 Å². The molecule has 0 saturated heterocycles. The highest BCUT2D eigenvalue weighted by atomic mass is 19.1. The van der Waals surface area contributed by atoms with Crippen LogP contribution in [0.3, 0.4) is 0 Å². The van der Waals surface area contributed by atoms with Crippen molar-refractivity contribution in [3.8, 4) is 5.75 Å². The molecule has 0 aliphatic heterocycles. The van der Waals surface area contributed by atoms with Gasteiger partial charge in [-0.25, -0.2) is 4.39 Å². The van der Waals surface area contributed by atoms with E-state index in [9.17, 15) is 14.0 Å². The van der Waals surface area contributed by atoms with Crippen LogP contribution in [0.15, 0.2) is 72.8 Å². The van der Waals surface area contributed by atoms with Gasteiger partial charge in [-0.15, -0.1) is 0 Å². The molecule has 0 aliphatic rings. The molecule has 3 rings (SSSR count). The van der Waals surface area contributed by atoms with Crippen LogP contribution in [0.5, 0.6) is 5.75 Å². The maximum absolute atomic E-state index is 13.0. The molecule has 27 heavy (non-hydrogen) atoms. The number of para-hydroxylation sites is 2. The maximum atomic E-state index is 13.0. The van der Waals surface area contributed by atoms with Crippen molar-refractivity contribution in [3.63, 3.8) is 0 Å². The number of hydrogen-bond acceptors (Lipinski definition) is 3. The number of anilines is 1. The van der Waals surface area contributed by atoms with Crippen molar-refractivity contribution in [3.05, 3.63) is 95.3 Å². The summed E-state index contributed by atoms with van der Waals surface area (Å²) in [6.07, 6.45) is 0. The summed E-state index contributed by atoms with van der Waals surface area (Å²) in [6, 6.07) is 19.6. The monoisotopic (exact) mass is 363 g/mol. The smallest absolute Gasteiger partial charge is 0.259 e. The lowest BCUT2D eigenvalue weighted by atomic mass is 10.1. The Bertz CT molecular complexity index is 967. The molecule has 5 heteroatoms. The van der Waals surface area contributed by atoms with Crippen molar-refractivity contribution in [2.75, 3.05) is 5.32 Å². The number of nitrogens with one attached hydrogen (secondary N) is 1. The van der Waals surface area contributed by atoms with Gasteiger partial charge < -0.3 is 10.1 Å². The Morgan fingerprint density at radius 3 is 2.22 bits per heavy atom. The van der Waals surface area contributed by atoms with E-state index in [-0.39, 0.29) is 24.1 Å². The summed E-state index contributed by atoms with van der Waals surface area (Å²) in [5.41, 5.74) is 2.02. The first-order valence-electron chi connectivity index (χ1n) is 8.42. The third-order valence-electron chi connectivity index (χ3n) is 3.99. The molecule has 0 aromatic heterocycles. The molecule has 3 aromatic rings. The number of ketones is 1. The van der Waals surface area contributed by atoms with Crippen LogP contribution in [0.25, 0.3) is 0 Å². The molecule has 0 heterocycles. The van der Waals surface area contributed by atoms with Crippen LogP contribution in [0.1, 0.15) is 33.2 Å². The Labute approximate surface area is 156 Å². The second-order valence-electron chi connectivity index (χ2n) is 5.97. The molecule has 4 nitrogen and oxygen atoms in total. The highest BCUT2D eigenvalue weighted by Crippen LogP contribution is 2.22. The predicted molar refractivity (Wildman–Crippen MR) is 102 cm³/mol. The van der Waals surface area contributed by atoms with Crippen molar-refractivity contribution < 1.29 is 18.7 Å². The Morgan fingerprint density at radius 2 is 1.52 bits per heavy atom. The van der Waals surface area contributed by atoms with E-state index in [0.29, 0.717) is 22.6 Å². The van der Waals surface area contributed by atoms with Crippen LogP contribution in [-0.2, 0) is 6.61 Å². The molecule has 0 aliphatic carbocycles. The zero-order valence-corrected chi connectivity index (χ0v) is 14.7. The Kier molecular flexibility index (Phi) is 5.61. The third kappa shape index (κ3) is 4.58. The molecule has 0 bridgehead atoms. The number of benzene rings is 3. The quantitative estimate of drug-likeness (QED) is 0.636. The first kappa shape index (κ1) is 18.3. The second-order valence-corrected chi connectivity index (χ2v) is 5.97. The van der Waals surface area contributed by atoms with Gasteiger partial charge in [0.2, 0.25) is 0 Å². The van der Waals surface area contributed by atoms with Gasteiger partial charge in [-0.05, 0) is 48.9 Å². The van der Waals surface area contributed by atoms with Crippen molar-refractivity contribution >= 4 is 17.4 Å². The standard InChI is InChI=1S/C22H18FNO3/c1-15(25)18-6-2-4-8-20(18)24-22(26)19-7-3-5-9-21(19)27-14-16-10-12-17(23)13-11-16/h2-13H,14H2,1H3,(H,24,26). The van der Waals surface area contributed by atoms with Gasteiger partial charge in [0.25, 0.3) is 5.91 Å². The van der Waals surface area contributed by atoms with Gasteiger partial charge in [0.05, 0.1) is 11.3 Å². The fourth-order valence-corrected chi connectivity index (χ4v) is 2.61. The molecule has 136 valence electrons. The molecule has 1 amide bonds. The maximum Gasteiger partial charge on any atom is 0.259 e. The molecule has 0 radical (unpaired) electrons. The van der Waals surface area contributed by atoms with Gasteiger partial charge in [0.15, 0.2) is 5.78 Å². The average Bonchev–Trinajstić information content (AvgIpc) is 2.68. The first-order chi connectivity index (χ1) is 13.0. The van der Waals surface area contributed by atoms with Crippen molar-refractivity contribution in [1.82, 2.24) is 0 Å². The van der Waals surface area contributed by atoms with E-state index in [1.807, 2.05) is 0 Å². The molecule has 3 aromatic carbocycles. The Balaban J connectivity index is 1.78. The number of Topliss-reactive ketones (excluding diaryl/α,β-unsaturated/α-hetero) is 1. The van der Waals surface area contributed by atoms with E-state index in [0.717, 1.165) is 5.56 Å². The third-order valence-corrected chi connectivity index (χ3v) is 3.99. The molecular formula is C22H18FNO3. The Morgan fingerprint density at radius 1 is 0.889 bits per heavy atom. The molecular weight excluding hydrogens is 345 g/mol. The van der Waals surface area contributed by atoms with Gasteiger partial charge in [-0.1, -0.05) is 36.4 Å². The summed E-state index contributed by atoms with van der Waals surface area (Å²) in [6.45, 7) is 1.65. The average molecular weight is 363 g/mol. The van der Waals surface area contributed by atoms with Gasteiger partial charge in [0, 0.05) is 5.56 Å². The second kappa shape index (κ2) is 8.27. The van der Waals surface area contributed by atoms with E-state index < -0.39 is 0 Å². The van der Waals surface area contributed by atoms with E-state index >= 15 is 0 Å². The lowest BCUT2D eigenvalue weighted by Crippen LogP contribution is -2.15. The summed E-state index contributed by atoms with van der Waals surface area (Å²) >= 11 is 0. The van der Waals surface area contributed by atoms with Crippen molar-refractivity contribution in [2.45, 2.75) is 13.5 Å². The fraction of sp³-hybridized carbons (Fsp3) is 0.0909. The van der Waals surface area contributed by atoms with Crippen LogP contribution in [-0.4, -0.2) is 11.7 Å². The van der Waals surface area contributed by atoms with E-state index in [4.69, 9.17) is 4.74 Å². The SMILES string of the molecule is CC(=O)c1ccccc1NC(=O)c1ccccc1OCc1ccc(F)cc1. The van der Waals surface area contributed by atoms with Gasteiger partial charge in [0.1, 0.15) is 18.2 Å². The predicted octanol–water partition coefficient (Wildman–Crippen LogP) is 4.86.